The Morgan fingerprint density at radius 2 is 2.12 bits per heavy atom. The van der Waals surface area contributed by atoms with E-state index in [1.54, 1.807) is 7.11 Å². The van der Waals surface area contributed by atoms with E-state index in [1.807, 2.05) is 4.90 Å². The fourth-order valence-electron chi connectivity index (χ4n) is 1.78. The van der Waals surface area contributed by atoms with Gasteiger partial charge in [0.1, 0.15) is 0 Å². The van der Waals surface area contributed by atoms with E-state index in [2.05, 4.69) is 9.74 Å². The highest BCUT2D eigenvalue weighted by atomic mass is 16.5. The normalized spacial score (nSPS) is 20.2. The second-order valence-electron chi connectivity index (χ2n) is 3.78. The lowest BCUT2D eigenvalue weighted by Gasteiger charge is -2.33. The molecule has 0 aliphatic carbocycles. The fraction of sp³-hybridized carbons (Fsp3) is 0.800. The van der Waals surface area contributed by atoms with E-state index in [-0.39, 0.29) is 0 Å². The number of primary amides is 1. The summed E-state index contributed by atoms with van der Waals surface area (Å²) in [6.45, 7) is 11.7. The van der Waals surface area contributed by atoms with Crippen molar-refractivity contribution in [3.05, 3.63) is 11.4 Å². The predicted octanol–water partition coefficient (Wildman–Crippen LogP) is -1.02. The smallest absolute Gasteiger partial charge is 0.357 e. The highest BCUT2D eigenvalue weighted by Gasteiger charge is 2.31. The molecule has 1 aliphatic rings. The summed E-state index contributed by atoms with van der Waals surface area (Å²) >= 11 is 0. The van der Waals surface area contributed by atoms with Gasteiger partial charge in [-0.15, -0.1) is 0 Å². The SMILES string of the molecule is [C-]#[N+]C(C(N)=O)N1CCN(CCOC)CC1. The van der Waals surface area contributed by atoms with Crippen molar-refractivity contribution in [1.82, 2.24) is 9.80 Å². The molecule has 1 aliphatic heterocycles. The van der Waals surface area contributed by atoms with Gasteiger partial charge in [-0.1, -0.05) is 0 Å². The zero-order valence-electron chi connectivity index (χ0n) is 9.56. The van der Waals surface area contributed by atoms with Crippen molar-refractivity contribution >= 4 is 5.91 Å². The van der Waals surface area contributed by atoms with E-state index in [4.69, 9.17) is 17.0 Å². The molecule has 0 aromatic rings. The van der Waals surface area contributed by atoms with Crippen LogP contribution in [0.5, 0.6) is 0 Å². The summed E-state index contributed by atoms with van der Waals surface area (Å²) in [5, 5.41) is 0. The van der Waals surface area contributed by atoms with Crippen LogP contribution in [0.4, 0.5) is 0 Å². The summed E-state index contributed by atoms with van der Waals surface area (Å²) in [5.74, 6) is -0.555. The molecule has 2 N–H and O–H groups in total. The topological polar surface area (TPSA) is 63.2 Å². The van der Waals surface area contributed by atoms with Crippen LogP contribution in [0.3, 0.4) is 0 Å². The van der Waals surface area contributed by atoms with Crippen molar-refractivity contribution in [3.63, 3.8) is 0 Å². The predicted molar refractivity (Wildman–Crippen MR) is 59.5 cm³/mol. The standard InChI is InChI=1S/C10H18N4O2/c1-12-10(9(11)15)14-5-3-13(4-6-14)7-8-16-2/h10H,3-8H2,2H3,(H2,11,15). The fourth-order valence-corrected chi connectivity index (χ4v) is 1.78. The molecule has 0 saturated carbocycles. The number of hydrogen-bond donors (Lipinski definition) is 1. The Morgan fingerprint density at radius 3 is 2.56 bits per heavy atom. The second-order valence-corrected chi connectivity index (χ2v) is 3.78. The van der Waals surface area contributed by atoms with E-state index in [0.29, 0.717) is 19.7 Å². The summed E-state index contributed by atoms with van der Waals surface area (Å²) in [4.78, 5) is 18.4. The molecule has 1 fully saturated rings. The summed E-state index contributed by atoms with van der Waals surface area (Å²) < 4.78 is 5.00. The van der Waals surface area contributed by atoms with Crippen LogP contribution in [0, 0.1) is 6.57 Å². The van der Waals surface area contributed by atoms with E-state index in [9.17, 15) is 4.79 Å². The molecule has 1 heterocycles. The first-order valence-electron chi connectivity index (χ1n) is 5.30. The lowest BCUT2D eigenvalue weighted by molar-refractivity contribution is -0.122. The molecule has 0 aromatic heterocycles. The Kier molecular flexibility index (Phi) is 5.19. The molecule has 6 heteroatoms. The van der Waals surface area contributed by atoms with Gasteiger partial charge in [0, 0.05) is 39.8 Å². The van der Waals surface area contributed by atoms with E-state index < -0.39 is 12.1 Å². The Bertz CT molecular complexity index is 268. The monoisotopic (exact) mass is 226 g/mol. The molecule has 1 unspecified atom stereocenters. The summed E-state index contributed by atoms with van der Waals surface area (Å²) in [6, 6.07) is 0. The lowest BCUT2D eigenvalue weighted by Crippen LogP contribution is -2.53. The number of piperazine rings is 1. The van der Waals surface area contributed by atoms with Crippen LogP contribution in [-0.4, -0.2) is 68.3 Å². The molecular formula is C10H18N4O2. The third-order valence-corrected chi connectivity index (χ3v) is 2.74. The minimum Gasteiger partial charge on any atom is -0.383 e. The number of hydrogen-bond acceptors (Lipinski definition) is 4. The number of nitrogens with zero attached hydrogens (tertiary/aromatic N) is 3. The maximum absolute atomic E-state index is 11.0. The molecule has 1 atom stereocenters. The van der Waals surface area contributed by atoms with Crippen LogP contribution in [-0.2, 0) is 9.53 Å². The van der Waals surface area contributed by atoms with Crippen molar-refractivity contribution in [3.8, 4) is 0 Å². The molecule has 1 saturated heterocycles. The molecule has 0 bridgehead atoms. The Hall–Kier alpha value is -1.16. The first kappa shape index (κ1) is 12.9. The largest absolute Gasteiger partial charge is 0.383 e. The Labute approximate surface area is 95.8 Å². The van der Waals surface area contributed by atoms with E-state index in [0.717, 1.165) is 19.6 Å². The minimum atomic E-state index is -0.801. The zero-order chi connectivity index (χ0) is 12.0. The highest BCUT2D eigenvalue weighted by molar-refractivity contribution is 5.81. The quantitative estimate of drug-likeness (QED) is 0.610. The van der Waals surface area contributed by atoms with Crippen LogP contribution in [0.25, 0.3) is 4.85 Å². The zero-order valence-corrected chi connectivity index (χ0v) is 9.56. The maximum Gasteiger partial charge on any atom is 0.357 e. The summed E-state index contributed by atoms with van der Waals surface area (Å²) in [6.07, 6.45) is -0.801. The van der Waals surface area contributed by atoms with Gasteiger partial charge >= 0.3 is 12.1 Å². The molecule has 16 heavy (non-hydrogen) atoms. The van der Waals surface area contributed by atoms with Gasteiger partial charge in [0.15, 0.2) is 0 Å². The number of amides is 1. The van der Waals surface area contributed by atoms with Gasteiger partial charge < -0.3 is 10.5 Å². The van der Waals surface area contributed by atoms with Gasteiger partial charge in [0.05, 0.1) is 6.61 Å². The molecule has 1 rings (SSSR count). The molecule has 6 nitrogen and oxygen atoms in total. The van der Waals surface area contributed by atoms with Crippen LogP contribution in [0.15, 0.2) is 0 Å². The number of nitrogens with two attached hydrogens (primary N) is 1. The Morgan fingerprint density at radius 1 is 1.50 bits per heavy atom. The average Bonchev–Trinajstić information content (AvgIpc) is 2.28. The molecule has 1 amide bonds. The van der Waals surface area contributed by atoms with Crippen molar-refractivity contribution in [2.45, 2.75) is 6.17 Å². The van der Waals surface area contributed by atoms with Crippen molar-refractivity contribution in [2.75, 3.05) is 46.4 Å². The number of carbonyl (C=O) groups excluding carboxylic acids is 1. The van der Waals surface area contributed by atoms with Gasteiger partial charge in [0.25, 0.3) is 0 Å². The molecular weight excluding hydrogens is 208 g/mol. The molecule has 0 spiro atoms. The van der Waals surface area contributed by atoms with Gasteiger partial charge in [0.2, 0.25) is 0 Å². The van der Waals surface area contributed by atoms with E-state index in [1.165, 1.54) is 0 Å². The van der Waals surface area contributed by atoms with Gasteiger partial charge in [-0.2, -0.15) is 0 Å². The second kappa shape index (κ2) is 6.43. The number of ether oxygens (including phenoxy) is 1. The number of carbonyl (C=O) groups is 1. The number of rotatable bonds is 5. The summed E-state index contributed by atoms with van der Waals surface area (Å²) in [7, 11) is 1.68. The van der Waals surface area contributed by atoms with Crippen molar-refractivity contribution < 1.29 is 9.53 Å². The van der Waals surface area contributed by atoms with Crippen molar-refractivity contribution in [1.29, 1.82) is 0 Å². The van der Waals surface area contributed by atoms with Crippen molar-refractivity contribution in [2.24, 2.45) is 5.73 Å². The van der Waals surface area contributed by atoms with E-state index >= 15 is 0 Å². The number of methoxy groups -OCH3 is 1. The third kappa shape index (κ3) is 3.45. The van der Waals surface area contributed by atoms with Gasteiger partial charge in [-0.3, -0.25) is 14.5 Å². The molecule has 0 aromatic carbocycles. The minimum absolute atomic E-state index is 0.555. The summed E-state index contributed by atoms with van der Waals surface area (Å²) in [5.41, 5.74) is 5.16. The van der Waals surface area contributed by atoms with Gasteiger partial charge in [-0.05, 0) is 0 Å². The van der Waals surface area contributed by atoms with Crippen LogP contribution in [0.2, 0.25) is 0 Å². The first-order valence-corrected chi connectivity index (χ1v) is 5.30. The third-order valence-electron chi connectivity index (χ3n) is 2.74. The molecule has 0 radical (unpaired) electrons. The van der Waals surface area contributed by atoms with Crippen LogP contribution < -0.4 is 5.73 Å². The van der Waals surface area contributed by atoms with Gasteiger partial charge in [-0.25, -0.2) is 11.5 Å². The maximum atomic E-state index is 11.0. The van der Waals surface area contributed by atoms with Crippen LogP contribution >= 0.6 is 0 Å². The Balaban J connectivity index is 2.36. The first-order chi connectivity index (χ1) is 7.69. The van der Waals surface area contributed by atoms with Crippen LogP contribution in [0.1, 0.15) is 0 Å². The lowest BCUT2D eigenvalue weighted by atomic mass is 10.3. The average molecular weight is 226 g/mol. The highest BCUT2D eigenvalue weighted by Crippen LogP contribution is 2.07. The molecule has 90 valence electrons.